The molecule has 1 aliphatic carbocycles. The number of ether oxygens (including phenoxy) is 1. The Morgan fingerprint density at radius 1 is 1.12 bits per heavy atom. The summed E-state index contributed by atoms with van der Waals surface area (Å²) in [5, 5.41) is 4.06. The van der Waals surface area contributed by atoms with Gasteiger partial charge in [-0.25, -0.2) is 0 Å². The number of nitrogens with zero attached hydrogens (tertiary/aromatic N) is 2. The third kappa shape index (κ3) is 5.34. The first-order valence-electron chi connectivity index (χ1n) is 14.9. The highest BCUT2D eigenvalue weighted by molar-refractivity contribution is 6.03. The smallest absolute Gasteiger partial charge is 0.252 e. The van der Waals surface area contributed by atoms with Crippen molar-refractivity contribution < 1.29 is 23.9 Å². The summed E-state index contributed by atoms with van der Waals surface area (Å²) in [5.41, 5.74) is 2.92. The average Bonchev–Trinajstić information content (AvgIpc) is 3.33. The molecule has 1 aromatic heterocycles. The lowest BCUT2D eigenvalue weighted by atomic mass is 9.84. The molecular formula is C31H42N4O5. The van der Waals surface area contributed by atoms with Gasteiger partial charge in [-0.15, -0.1) is 0 Å². The van der Waals surface area contributed by atoms with Crippen LogP contribution in [0.25, 0.3) is 10.9 Å². The molecule has 5 rings (SSSR count). The van der Waals surface area contributed by atoms with Gasteiger partial charge >= 0.3 is 0 Å². The Bertz CT molecular complexity index is 1260. The van der Waals surface area contributed by atoms with Crippen molar-refractivity contribution in [3.05, 3.63) is 29.5 Å². The number of rotatable bonds is 10. The van der Waals surface area contributed by atoms with Crippen molar-refractivity contribution in [1.29, 1.82) is 0 Å². The summed E-state index contributed by atoms with van der Waals surface area (Å²) in [4.78, 5) is 58.8. The molecule has 2 aliphatic heterocycles. The second kappa shape index (κ2) is 12.0. The minimum atomic E-state index is -0.823. The maximum atomic E-state index is 14.0. The summed E-state index contributed by atoms with van der Waals surface area (Å²) < 4.78 is 5.41. The van der Waals surface area contributed by atoms with E-state index in [1.165, 1.54) is 6.42 Å². The van der Waals surface area contributed by atoms with Gasteiger partial charge < -0.3 is 19.9 Å². The molecule has 3 heterocycles. The second-order valence-corrected chi connectivity index (χ2v) is 12.0. The van der Waals surface area contributed by atoms with Crippen LogP contribution in [0.5, 0.6) is 5.75 Å². The number of fused-ring (bicyclic) bond motifs is 4. The molecule has 2 aromatic rings. The first-order chi connectivity index (χ1) is 19.3. The van der Waals surface area contributed by atoms with E-state index in [1.54, 1.807) is 12.0 Å². The Kier molecular flexibility index (Phi) is 8.47. The standard InChI is InChI=1S/C31H42N4O5/c1-19(2)15-26-28-23(22-13-12-21(40-3)16-24(22)33-28)17-27-30(38)34(18-36)25(31(39)35(26)27)11-7-8-14-32-29(37)20-9-5-4-6-10-20/h12-13,16,18-20,25-27,33H,4-11,14-15,17H2,1-3H3,(H,32,37). The quantitative estimate of drug-likeness (QED) is 0.339. The number of carbonyl (C=O) groups excluding carboxylic acids is 4. The SMILES string of the molecule is COc1ccc2c3c([nH]c2c1)C(CC(C)C)N1C(=O)C(CCCCNC(=O)C2CCCCC2)N(C=O)C(=O)C1C3. The van der Waals surface area contributed by atoms with Gasteiger partial charge in [0, 0.05) is 41.5 Å². The number of H-pyrrole nitrogens is 1. The van der Waals surface area contributed by atoms with Gasteiger partial charge in [-0.2, -0.15) is 0 Å². The molecule has 216 valence electrons. The van der Waals surface area contributed by atoms with Crippen LogP contribution in [-0.2, 0) is 25.6 Å². The highest BCUT2D eigenvalue weighted by atomic mass is 16.5. The van der Waals surface area contributed by atoms with Crippen molar-refractivity contribution >= 4 is 35.0 Å². The lowest BCUT2D eigenvalue weighted by Gasteiger charge is -2.49. The first-order valence-corrected chi connectivity index (χ1v) is 14.9. The number of hydrogen-bond acceptors (Lipinski definition) is 5. The van der Waals surface area contributed by atoms with Gasteiger partial charge in [0.05, 0.1) is 13.2 Å². The van der Waals surface area contributed by atoms with Crippen LogP contribution in [0.3, 0.4) is 0 Å². The van der Waals surface area contributed by atoms with Crippen LogP contribution >= 0.6 is 0 Å². The van der Waals surface area contributed by atoms with Crippen LogP contribution in [-0.4, -0.2) is 64.7 Å². The van der Waals surface area contributed by atoms with E-state index in [1.807, 2.05) is 18.2 Å². The van der Waals surface area contributed by atoms with Crippen molar-refractivity contribution in [3.63, 3.8) is 0 Å². The fraction of sp³-hybridized carbons (Fsp3) is 0.613. The maximum Gasteiger partial charge on any atom is 0.252 e. The number of unbranched alkanes of at least 4 members (excludes halogenated alkanes) is 1. The predicted molar refractivity (Wildman–Crippen MR) is 152 cm³/mol. The van der Waals surface area contributed by atoms with E-state index in [9.17, 15) is 19.2 Å². The van der Waals surface area contributed by atoms with Crippen LogP contribution in [0.15, 0.2) is 18.2 Å². The number of imide groups is 1. The molecule has 2 N–H and O–H groups in total. The lowest BCUT2D eigenvalue weighted by Crippen LogP contribution is -2.66. The summed E-state index contributed by atoms with van der Waals surface area (Å²) >= 11 is 0. The predicted octanol–water partition coefficient (Wildman–Crippen LogP) is 4.25. The highest BCUT2D eigenvalue weighted by Crippen LogP contribution is 2.43. The number of methoxy groups -OCH3 is 1. The molecule has 0 bridgehead atoms. The lowest BCUT2D eigenvalue weighted by molar-refractivity contribution is -0.168. The Hall–Kier alpha value is -3.36. The molecule has 4 amide bonds. The first kappa shape index (κ1) is 28.2. The molecule has 1 saturated heterocycles. The number of benzene rings is 1. The molecule has 0 spiro atoms. The summed E-state index contributed by atoms with van der Waals surface area (Å²) in [6, 6.07) is 4.02. The van der Waals surface area contributed by atoms with Crippen molar-refractivity contribution in [1.82, 2.24) is 20.1 Å². The van der Waals surface area contributed by atoms with Gasteiger partial charge in [0.1, 0.15) is 17.8 Å². The van der Waals surface area contributed by atoms with E-state index in [-0.39, 0.29) is 35.6 Å². The molecule has 1 aromatic carbocycles. The van der Waals surface area contributed by atoms with E-state index >= 15 is 0 Å². The molecule has 3 unspecified atom stereocenters. The number of aromatic nitrogens is 1. The Balaban J connectivity index is 1.33. The van der Waals surface area contributed by atoms with Crippen LogP contribution in [0, 0.1) is 11.8 Å². The van der Waals surface area contributed by atoms with Gasteiger partial charge in [0.15, 0.2) is 0 Å². The average molecular weight is 551 g/mol. The largest absolute Gasteiger partial charge is 0.497 e. The summed E-state index contributed by atoms with van der Waals surface area (Å²) in [7, 11) is 1.63. The summed E-state index contributed by atoms with van der Waals surface area (Å²) in [6.45, 7) is 4.76. The Labute approximate surface area is 236 Å². The van der Waals surface area contributed by atoms with E-state index in [0.717, 1.165) is 58.5 Å². The van der Waals surface area contributed by atoms with Crippen LogP contribution in [0.2, 0.25) is 0 Å². The Morgan fingerprint density at radius 3 is 2.60 bits per heavy atom. The fourth-order valence-corrected chi connectivity index (χ4v) is 6.91. The topological polar surface area (TPSA) is 112 Å². The minimum Gasteiger partial charge on any atom is -0.497 e. The van der Waals surface area contributed by atoms with E-state index in [0.29, 0.717) is 45.1 Å². The number of hydrogen-bond donors (Lipinski definition) is 2. The molecule has 40 heavy (non-hydrogen) atoms. The molecule has 1 saturated carbocycles. The fourth-order valence-electron chi connectivity index (χ4n) is 6.91. The van der Waals surface area contributed by atoms with Crippen molar-refractivity contribution in [2.45, 2.75) is 96.2 Å². The zero-order valence-electron chi connectivity index (χ0n) is 23.9. The van der Waals surface area contributed by atoms with E-state index in [4.69, 9.17) is 4.74 Å². The summed E-state index contributed by atoms with van der Waals surface area (Å²) in [5.74, 6) is 0.774. The molecule has 0 radical (unpaired) electrons. The highest BCUT2D eigenvalue weighted by Gasteiger charge is 2.51. The van der Waals surface area contributed by atoms with Crippen LogP contribution in [0.1, 0.15) is 88.9 Å². The monoisotopic (exact) mass is 550 g/mol. The third-order valence-corrected chi connectivity index (χ3v) is 8.95. The van der Waals surface area contributed by atoms with Crippen LogP contribution in [0.4, 0.5) is 0 Å². The van der Waals surface area contributed by atoms with E-state index in [2.05, 4.69) is 24.1 Å². The van der Waals surface area contributed by atoms with Crippen molar-refractivity contribution in [3.8, 4) is 5.75 Å². The van der Waals surface area contributed by atoms with Gasteiger partial charge in [0.2, 0.25) is 18.2 Å². The molecule has 3 atom stereocenters. The van der Waals surface area contributed by atoms with Gasteiger partial charge in [-0.1, -0.05) is 33.1 Å². The second-order valence-electron chi connectivity index (χ2n) is 12.0. The van der Waals surface area contributed by atoms with Crippen LogP contribution < -0.4 is 10.1 Å². The van der Waals surface area contributed by atoms with E-state index < -0.39 is 12.1 Å². The number of aromatic amines is 1. The zero-order valence-corrected chi connectivity index (χ0v) is 23.9. The maximum absolute atomic E-state index is 14.0. The summed E-state index contributed by atoms with van der Waals surface area (Å²) in [6.07, 6.45) is 8.65. The normalized spacial score (nSPS) is 23.4. The Morgan fingerprint density at radius 2 is 1.90 bits per heavy atom. The third-order valence-electron chi connectivity index (χ3n) is 8.95. The number of amides is 4. The molecule has 3 aliphatic rings. The molecule has 2 fully saturated rings. The van der Waals surface area contributed by atoms with Gasteiger partial charge in [-0.05, 0) is 62.1 Å². The zero-order chi connectivity index (χ0) is 28.4. The van der Waals surface area contributed by atoms with Gasteiger partial charge in [0.25, 0.3) is 5.91 Å². The molecule has 9 heteroatoms. The minimum absolute atomic E-state index is 0.112. The number of piperazine rings is 1. The van der Waals surface area contributed by atoms with Crippen molar-refractivity contribution in [2.24, 2.45) is 11.8 Å². The van der Waals surface area contributed by atoms with Crippen molar-refractivity contribution in [2.75, 3.05) is 13.7 Å². The number of carbonyl (C=O) groups is 4. The molecule has 9 nitrogen and oxygen atoms in total. The molecular weight excluding hydrogens is 508 g/mol. The van der Waals surface area contributed by atoms with Gasteiger partial charge in [-0.3, -0.25) is 24.1 Å². The number of nitrogens with one attached hydrogen (secondary N) is 2.